The van der Waals surface area contributed by atoms with Crippen LogP contribution >= 0.6 is 11.3 Å². The lowest BCUT2D eigenvalue weighted by molar-refractivity contribution is 0.418. The van der Waals surface area contributed by atoms with Gasteiger partial charge < -0.3 is 0 Å². The molecule has 0 atom stereocenters. The van der Waals surface area contributed by atoms with Crippen molar-refractivity contribution in [1.29, 1.82) is 0 Å². The zero-order valence-electron chi connectivity index (χ0n) is 17.0. The molecule has 4 aromatic rings. The summed E-state index contributed by atoms with van der Waals surface area (Å²) in [4.78, 5) is 15.2. The highest BCUT2D eigenvalue weighted by Crippen LogP contribution is 2.39. The Morgan fingerprint density at radius 1 is 1.10 bits per heavy atom. The van der Waals surface area contributed by atoms with Gasteiger partial charge in [0.05, 0.1) is 22.1 Å². The molecule has 0 aliphatic heterocycles. The van der Waals surface area contributed by atoms with E-state index < -0.39 is 0 Å². The van der Waals surface area contributed by atoms with Crippen LogP contribution in [0.5, 0.6) is 0 Å². The minimum absolute atomic E-state index is 0.300. The number of hydrogen-bond acceptors (Lipinski definition) is 5. The van der Waals surface area contributed by atoms with Gasteiger partial charge in [0.1, 0.15) is 11.6 Å². The van der Waals surface area contributed by atoms with Gasteiger partial charge in [0.25, 0.3) is 0 Å². The van der Waals surface area contributed by atoms with Gasteiger partial charge in [-0.2, -0.15) is 0 Å². The number of rotatable bonds is 5. The largest absolute Gasteiger partial charge is 0.259 e. The first-order valence-electron chi connectivity index (χ1n) is 10.2. The molecule has 1 saturated carbocycles. The van der Waals surface area contributed by atoms with Crippen LogP contribution in [0.2, 0.25) is 0 Å². The van der Waals surface area contributed by atoms with Gasteiger partial charge in [-0.05, 0) is 51.0 Å². The standard InChI is InChI=1S/C23H22FN5S/c1-14-19(10-5-11-25-14)29-21(27-22(28-29)17-8-4-9-18(24)12-17)13-20-15(2)26-23(30-20)16-6-3-7-16/h4-5,8-12,16H,3,6-7,13H2,1-2H3. The highest BCUT2D eigenvalue weighted by atomic mass is 32.1. The van der Waals surface area contributed by atoms with Crippen LogP contribution in [-0.4, -0.2) is 24.7 Å². The van der Waals surface area contributed by atoms with Gasteiger partial charge in [0, 0.05) is 29.0 Å². The summed E-state index contributed by atoms with van der Waals surface area (Å²) in [5.41, 5.74) is 3.47. The minimum atomic E-state index is -0.300. The molecule has 1 fully saturated rings. The van der Waals surface area contributed by atoms with E-state index in [1.165, 1.54) is 41.3 Å². The number of hydrogen-bond donors (Lipinski definition) is 0. The first-order valence-corrected chi connectivity index (χ1v) is 11.0. The number of aromatic nitrogens is 5. The predicted octanol–water partition coefficient (Wildman–Crippen LogP) is 5.40. The number of thiazole rings is 1. The van der Waals surface area contributed by atoms with Crippen molar-refractivity contribution >= 4 is 11.3 Å². The number of benzene rings is 1. The van der Waals surface area contributed by atoms with Crippen LogP contribution in [0, 0.1) is 19.7 Å². The van der Waals surface area contributed by atoms with Crippen LogP contribution in [0.25, 0.3) is 17.1 Å². The van der Waals surface area contributed by atoms with E-state index in [2.05, 4.69) is 11.9 Å². The molecule has 5 rings (SSSR count). The molecule has 0 radical (unpaired) electrons. The van der Waals surface area contributed by atoms with Gasteiger partial charge in [-0.15, -0.1) is 16.4 Å². The van der Waals surface area contributed by atoms with Crippen LogP contribution in [0.4, 0.5) is 4.39 Å². The van der Waals surface area contributed by atoms with Crippen molar-refractivity contribution in [3.05, 3.63) is 75.5 Å². The van der Waals surface area contributed by atoms with Gasteiger partial charge in [-0.1, -0.05) is 18.6 Å². The molecular weight excluding hydrogens is 397 g/mol. The van der Waals surface area contributed by atoms with E-state index in [9.17, 15) is 4.39 Å². The fourth-order valence-corrected chi connectivity index (χ4v) is 4.92. The monoisotopic (exact) mass is 419 g/mol. The molecule has 1 aliphatic rings. The second-order valence-corrected chi connectivity index (χ2v) is 8.86. The van der Waals surface area contributed by atoms with Crippen molar-refractivity contribution in [2.75, 3.05) is 0 Å². The van der Waals surface area contributed by atoms with Gasteiger partial charge >= 0.3 is 0 Å². The molecular formula is C23H22FN5S. The van der Waals surface area contributed by atoms with Crippen LogP contribution in [-0.2, 0) is 6.42 Å². The van der Waals surface area contributed by atoms with Crippen molar-refractivity contribution in [3.8, 4) is 17.1 Å². The molecule has 0 N–H and O–H groups in total. The Kier molecular flexibility index (Phi) is 4.90. The lowest BCUT2D eigenvalue weighted by atomic mass is 9.86. The lowest BCUT2D eigenvalue weighted by Crippen LogP contribution is -2.07. The molecule has 0 amide bonds. The molecule has 7 heteroatoms. The van der Waals surface area contributed by atoms with Crippen molar-refractivity contribution in [2.24, 2.45) is 0 Å². The Labute approximate surface area is 178 Å². The van der Waals surface area contributed by atoms with E-state index in [-0.39, 0.29) is 5.82 Å². The molecule has 0 bridgehead atoms. The Morgan fingerprint density at radius 2 is 1.97 bits per heavy atom. The smallest absolute Gasteiger partial charge is 0.181 e. The summed E-state index contributed by atoms with van der Waals surface area (Å²) in [6, 6.07) is 10.3. The second kappa shape index (κ2) is 7.72. The van der Waals surface area contributed by atoms with E-state index in [0.717, 1.165) is 22.9 Å². The highest BCUT2D eigenvalue weighted by Gasteiger charge is 2.25. The van der Waals surface area contributed by atoms with Crippen LogP contribution in [0.15, 0.2) is 42.6 Å². The Hall–Kier alpha value is -2.93. The molecule has 0 spiro atoms. The summed E-state index contributed by atoms with van der Waals surface area (Å²) >= 11 is 1.79. The van der Waals surface area contributed by atoms with Crippen molar-refractivity contribution in [2.45, 2.75) is 45.4 Å². The van der Waals surface area contributed by atoms with E-state index >= 15 is 0 Å². The lowest BCUT2D eigenvalue weighted by Gasteiger charge is -2.22. The van der Waals surface area contributed by atoms with Crippen molar-refractivity contribution in [3.63, 3.8) is 0 Å². The Morgan fingerprint density at radius 3 is 2.70 bits per heavy atom. The summed E-state index contributed by atoms with van der Waals surface area (Å²) < 4.78 is 15.6. The van der Waals surface area contributed by atoms with E-state index in [0.29, 0.717) is 23.7 Å². The highest BCUT2D eigenvalue weighted by molar-refractivity contribution is 7.11. The number of aryl methyl sites for hydroxylation is 2. The first kappa shape index (κ1) is 19.1. The molecule has 152 valence electrons. The fourth-order valence-electron chi connectivity index (χ4n) is 3.69. The van der Waals surface area contributed by atoms with Gasteiger partial charge in [0.2, 0.25) is 0 Å². The van der Waals surface area contributed by atoms with Gasteiger partial charge in [0.15, 0.2) is 5.82 Å². The van der Waals surface area contributed by atoms with Crippen molar-refractivity contribution in [1.82, 2.24) is 24.7 Å². The number of halogens is 1. The normalized spacial score (nSPS) is 14.1. The molecule has 5 nitrogen and oxygen atoms in total. The summed E-state index contributed by atoms with van der Waals surface area (Å²) in [5, 5.41) is 5.97. The SMILES string of the molecule is Cc1ncccc1-n1nc(-c2cccc(F)c2)nc1Cc1sc(C2CCC2)nc1C. The van der Waals surface area contributed by atoms with E-state index in [1.807, 2.05) is 29.8 Å². The zero-order valence-corrected chi connectivity index (χ0v) is 17.8. The summed E-state index contributed by atoms with van der Waals surface area (Å²) in [6.45, 7) is 4.02. The maximum atomic E-state index is 13.8. The maximum Gasteiger partial charge on any atom is 0.181 e. The van der Waals surface area contributed by atoms with Gasteiger partial charge in [-0.25, -0.2) is 19.0 Å². The summed E-state index contributed by atoms with van der Waals surface area (Å²) in [5.74, 6) is 1.63. The Bertz CT molecular complexity index is 1210. The molecule has 0 unspecified atom stereocenters. The summed E-state index contributed by atoms with van der Waals surface area (Å²) in [6.07, 6.45) is 6.17. The third kappa shape index (κ3) is 3.54. The topological polar surface area (TPSA) is 56.5 Å². The predicted molar refractivity (Wildman–Crippen MR) is 116 cm³/mol. The third-order valence-corrected chi connectivity index (χ3v) is 6.97. The molecule has 1 aliphatic carbocycles. The average Bonchev–Trinajstić information content (AvgIpc) is 3.25. The number of pyridine rings is 1. The quantitative estimate of drug-likeness (QED) is 0.435. The molecule has 3 heterocycles. The molecule has 1 aromatic carbocycles. The zero-order chi connectivity index (χ0) is 20.7. The van der Waals surface area contributed by atoms with Crippen LogP contribution in [0.3, 0.4) is 0 Å². The summed E-state index contributed by atoms with van der Waals surface area (Å²) in [7, 11) is 0. The Balaban J connectivity index is 1.58. The second-order valence-electron chi connectivity index (χ2n) is 7.75. The fraction of sp³-hybridized carbons (Fsp3) is 0.304. The van der Waals surface area contributed by atoms with E-state index in [4.69, 9.17) is 15.1 Å². The average molecular weight is 420 g/mol. The molecule has 3 aromatic heterocycles. The third-order valence-electron chi connectivity index (χ3n) is 5.65. The van der Waals surface area contributed by atoms with Crippen molar-refractivity contribution < 1.29 is 4.39 Å². The molecule has 30 heavy (non-hydrogen) atoms. The first-order chi connectivity index (χ1) is 14.6. The molecule has 0 saturated heterocycles. The van der Waals surface area contributed by atoms with Crippen LogP contribution < -0.4 is 0 Å². The minimum Gasteiger partial charge on any atom is -0.259 e. The number of nitrogens with zero attached hydrogens (tertiary/aromatic N) is 5. The van der Waals surface area contributed by atoms with Crippen LogP contribution in [0.1, 0.15) is 52.3 Å². The van der Waals surface area contributed by atoms with Gasteiger partial charge in [-0.3, -0.25) is 4.98 Å². The van der Waals surface area contributed by atoms with E-state index in [1.54, 1.807) is 23.6 Å². The maximum absolute atomic E-state index is 13.8.